The normalized spacial score (nSPS) is 13.6. The lowest BCUT2D eigenvalue weighted by molar-refractivity contribution is 0.536. The molecule has 1 aromatic carbocycles. The van der Waals surface area contributed by atoms with Crippen LogP contribution in [0.25, 0.3) is 0 Å². The SMILES string of the molecule is CC(CBr)CNS(=O)(=O)c1ccc(F)cc1F. The minimum Gasteiger partial charge on any atom is -0.211 e. The second kappa shape index (κ2) is 5.88. The number of halogens is 3. The molecule has 0 saturated carbocycles. The van der Waals surface area contributed by atoms with E-state index in [0.717, 1.165) is 12.1 Å². The quantitative estimate of drug-likeness (QED) is 0.843. The summed E-state index contributed by atoms with van der Waals surface area (Å²) in [6.45, 7) is 2.02. The summed E-state index contributed by atoms with van der Waals surface area (Å²) >= 11 is 3.20. The molecule has 3 nitrogen and oxygen atoms in total. The third kappa shape index (κ3) is 4.01. The predicted octanol–water partition coefficient (Wildman–Crippen LogP) is 2.27. The van der Waals surface area contributed by atoms with Crippen molar-refractivity contribution in [3.8, 4) is 0 Å². The van der Waals surface area contributed by atoms with E-state index in [9.17, 15) is 17.2 Å². The molecule has 17 heavy (non-hydrogen) atoms. The summed E-state index contributed by atoms with van der Waals surface area (Å²) in [4.78, 5) is -0.541. The molecule has 0 aromatic heterocycles. The summed E-state index contributed by atoms with van der Waals surface area (Å²) in [5, 5.41) is 0.626. The van der Waals surface area contributed by atoms with Crippen molar-refractivity contribution in [2.75, 3.05) is 11.9 Å². The molecule has 0 heterocycles. The van der Waals surface area contributed by atoms with Crippen LogP contribution in [0.2, 0.25) is 0 Å². The summed E-state index contributed by atoms with van der Waals surface area (Å²) in [5.74, 6) is -1.83. The van der Waals surface area contributed by atoms with Crippen LogP contribution >= 0.6 is 15.9 Å². The minimum absolute atomic E-state index is 0.0771. The van der Waals surface area contributed by atoms with Gasteiger partial charge in [0.05, 0.1) is 0 Å². The van der Waals surface area contributed by atoms with Gasteiger partial charge in [-0.3, -0.25) is 0 Å². The molecule has 0 spiro atoms. The van der Waals surface area contributed by atoms with Crippen molar-refractivity contribution in [1.29, 1.82) is 0 Å². The van der Waals surface area contributed by atoms with Gasteiger partial charge >= 0.3 is 0 Å². The van der Waals surface area contributed by atoms with Crippen LogP contribution in [-0.4, -0.2) is 20.3 Å². The molecule has 0 aliphatic carbocycles. The Bertz CT molecular complexity index is 493. The van der Waals surface area contributed by atoms with Crippen LogP contribution in [0.5, 0.6) is 0 Å². The van der Waals surface area contributed by atoms with Crippen molar-refractivity contribution in [3.05, 3.63) is 29.8 Å². The van der Waals surface area contributed by atoms with Crippen molar-refractivity contribution in [2.45, 2.75) is 11.8 Å². The Hall–Kier alpha value is -0.530. The van der Waals surface area contributed by atoms with E-state index in [-0.39, 0.29) is 12.5 Å². The zero-order chi connectivity index (χ0) is 13.1. The minimum atomic E-state index is -3.93. The average molecular weight is 328 g/mol. The zero-order valence-corrected chi connectivity index (χ0v) is 11.5. The highest BCUT2D eigenvalue weighted by atomic mass is 79.9. The third-order valence-corrected chi connectivity index (χ3v) is 4.63. The first kappa shape index (κ1) is 14.5. The van der Waals surface area contributed by atoms with Gasteiger partial charge < -0.3 is 0 Å². The molecule has 1 unspecified atom stereocenters. The lowest BCUT2D eigenvalue weighted by Crippen LogP contribution is -2.29. The molecule has 0 amide bonds. The van der Waals surface area contributed by atoms with E-state index in [1.54, 1.807) is 0 Å². The molecule has 0 saturated heterocycles. The van der Waals surface area contributed by atoms with Crippen molar-refractivity contribution in [2.24, 2.45) is 5.92 Å². The lowest BCUT2D eigenvalue weighted by Gasteiger charge is -2.10. The first-order valence-electron chi connectivity index (χ1n) is 4.87. The van der Waals surface area contributed by atoms with Crippen molar-refractivity contribution in [3.63, 3.8) is 0 Å². The van der Waals surface area contributed by atoms with Gasteiger partial charge in [0.2, 0.25) is 10.0 Å². The number of rotatable bonds is 5. The fourth-order valence-corrected chi connectivity index (χ4v) is 2.53. The number of nitrogens with one attached hydrogen (secondary N) is 1. The van der Waals surface area contributed by atoms with Crippen molar-refractivity contribution < 1.29 is 17.2 Å². The highest BCUT2D eigenvalue weighted by molar-refractivity contribution is 9.09. The fourth-order valence-electron chi connectivity index (χ4n) is 1.08. The number of hydrogen-bond acceptors (Lipinski definition) is 2. The van der Waals surface area contributed by atoms with E-state index in [4.69, 9.17) is 0 Å². The van der Waals surface area contributed by atoms with Crippen LogP contribution in [0.15, 0.2) is 23.1 Å². The molecular formula is C10H12BrF2NO2S. The fraction of sp³-hybridized carbons (Fsp3) is 0.400. The Morgan fingerprint density at radius 2 is 2.06 bits per heavy atom. The van der Waals surface area contributed by atoms with Gasteiger partial charge in [0.1, 0.15) is 16.5 Å². The molecule has 0 fully saturated rings. The van der Waals surface area contributed by atoms with E-state index < -0.39 is 26.6 Å². The molecule has 7 heteroatoms. The maximum atomic E-state index is 13.3. The summed E-state index contributed by atoms with van der Waals surface area (Å²) < 4.78 is 51.6. The number of benzene rings is 1. The second-order valence-electron chi connectivity index (χ2n) is 3.69. The van der Waals surface area contributed by atoms with Crippen LogP contribution in [0.4, 0.5) is 8.78 Å². The van der Waals surface area contributed by atoms with Gasteiger partial charge in [0, 0.05) is 17.9 Å². The number of alkyl halides is 1. The second-order valence-corrected chi connectivity index (χ2v) is 6.07. The van der Waals surface area contributed by atoms with Crippen molar-refractivity contribution in [1.82, 2.24) is 4.72 Å². The van der Waals surface area contributed by atoms with E-state index in [0.29, 0.717) is 11.4 Å². The maximum Gasteiger partial charge on any atom is 0.243 e. The van der Waals surface area contributed by atoms with Gasteiger partial charge in [0.15, 0.2) is 0 Å². The molecular weight excluding hydrogens is 316 g/mol. The molecule has 1 rings (SSSR count). The summed E-state index contributed by atoms with van der Waals surface area (Å²) in [6, 6.07) is 2.36. The van der Waals surface area contributed by atoms with E-state index in [1.165, 1.54) is 0 Å². The molecule has 0 bridgehead atoms. The van der Waals surface area contributed by atoms with Gasteiger partial charge in [-0.1, -0.05) is 22.9 Å². The van der Waals surface area contributed by atoms with Gasteiger partial charge in [-0.05, 0) is 18.1 Å². The van der Waals surface area contributed by atoms with E-state index in [2.05, 4.69) is 20.7 Å². The largest absolute Gasteiger partial charge is 0.243 e. The Balaban J connectivity index is 2.90. The van der Waals surface area contributed by atoms with Crippen LogP contribution in [0.1, 0.15) is 6.92 Å². The van der Waals surface area contributed by atoms with Crippen LogP contribution < -0.4 is 4.72 Å². The molecule has 96 valence electrons. The molecule has 1 aromatic rings. The smallest absolute Gasteiger partial charge is 0.211 e. The zero-order valence-electron chi connectivity index (χ0n) is 9.08. The van der Waals surface area contributed by atoms with Gasteiger partial charge in [0.25, 0.3) is 0 Å². The molecule has 1 N–H and O–H groups in total. The van der Waals surface area contributed by atoms with Crippen molar-refractivity contribution >= 4 is 26.0 Å². The van der Waals surface area contributed by atoms with Gasteiger partial charge in [-0.15, -0.1) is 0 Å². The first-order valence-corrected chi connectivity index (χ1v) is 7.48. The van der Waals surface area contributed by atoms with Gasteiger partial charge in [-0.25, -0.2) is 21.9 Å². The highest BCUT2D eigenvalue weighted by Gasteiger charge is 2.19. The number of hydrogen-bond donors (Lipinski definition) is 1. The predicted molar refractivity (Wildman–Crippen MR) is 64.5 cm³/mol. The Morgan fingerprint density at radius 1 is 1.41 bits per heavy atom. The standard InChI is InChI=1S/C10H12BrF2NO2S/c1-7(5-11)6-14-17(15,16)10-3-2-8(12)4-9(10)13/h2-4,7,14H,5-6H2,1H3. The van der Waals surface area contributed by atoms with Gasteiger partial charge in [-0.2, -0.15) is 0 Å². The summed E-state index contributed by atoms with van der Waals surface area (Å²) in [5.41, 5.74) is 0. The van der Waals surface area contributed by atoms with Crippen LogP contribution in [0.3, 0.4) is 0 Å². The monoisotopic (exact) mass is 327 g/mol. The topological polar surface area (TPSA) is 46.2 Å². The molecule has 0 aliphatic rings. The van der Waals surface area contributed by atoms with E-state index >= 15 is 0 Å². The highest BCUT2D eigenvalue weighted by Crippen LogP contribution is 2.15. The number of sulfonamides is 1. The van der Waals surface area contributed by atoms with Crippen LogP contribution in [-0.2, 0) is 10.0 Å². The summed E-state index contributed by atoms with van der Waals surface area (Å²) in [7, 11) is -3.93. The molecule has 1 atom stereocenters. The first-order chi connectivity index (χ1) is 7.86. The average Bonchev–Trinajstić information content (AvgIpc) is 2.25. The van der Waals surface area contributed by atoms with Crippen LogP contribution in [0, 0.1) is 17.6 Å². The Morgan fingerprint density at radius 3 is 2.59 bits per heavy atom. The Kier molecular flexibility index (Phi) is 5.03. The summed E-state index contributed by atoms with van der Waals surface area (Å²) in [6.07, 6.45) is 0. The Labute approximate surface area is 107 Å². The third-order valence-electron chi connectivity index (χ3n) is 2.07. The molecule has 0 aliphatic heterocycles. The maximum absolute atomic E-state index is 13.3. The lowest BCUT2D eigenvalue weighted by atomic mass is 10.2. The molecule has 0 radical (unpaired) electrons. The van der Waals surface area contributed by atoms with E-state index in [1.807, 2.05) is 6.92 Å².